The van der Waals surface area contributed by atoms with E-state index in [0.717, 1.165) is 18.2 Å². The highest BCUT2D eigenvalue weighted by molar-refractivity contribution is 5.96. The largest absolute Gasteiger partial charge is 0.481 e. The number of aliphatic carboxylic acids is 1. The molecule has 9 heteroatoms. The van der Waals surface area contributed by atoms with E-state index in [1.165, 1.54) is 4.90 Å². The Kier molecular flexibility index (Phi) is 7.54. The van der Waals surface area contributed by atoms with Crippen LogP contribution in [0.5, 0.6) is 0 Å². The average Bonchev–Trinajstić information content (AvgIpc) is 2.60. The topological polar surface area (TPSA) is 107 Å². The number of carboxylic acids is 1. The van der Waals surface area contributed by atoms with E-state index in [0.29, 0.717) is 0 Å². The normalized spacial score (nSPS) is 20.3. The molecule has 1 aromatic rings. The molecule has 1 aromatic carbocycles. The number of rotatable bonds is 8. The monoisotopic (exact) mass is 427 g/mol. The minimum Gasteiger partial charge on any atom is -0.481 e. The van der Waals surface area contributed by atoms with Crippen LogP contribution in [0, 0.1) is 23.5 Å². The summed E-state index contributed by atoms with van der Waals surface area (Å²) in [5.41, 5.74) is 5.70. The Bertz CT molecular complexity index is 767. The second-order valence-electron chi connectivity index (χ2n) is 8.96. The Balaban J connectivity index is 2.09. The third-order valence-corrected chi connectivity index (χ3v) is 5.73. The number of anilines is 1. The Labute approximate surface area is 175 Å². The lowest BCUT2D eigenvalue weighted by molar-refractivity contribution is -0.144. The minimum absolute atomic E-state index is 0.0189. The van der Waals surface area contributed by atoms with E-state index in [9.17, 15) is 28.6 Å². The fraction of sp³-hybridized carbons (Fsp3) is 0.619. The van der Waals surface area contributed by atoms with Crippen molar-refractivity contribution in [2.75, 3.05) is 24.5 Å². The Morgan fingerprint density at radius 3 is 2.30 bits per heavy atom. The van der Waals surface area contributed by atoms with E-state index in [1.807, 2.05) is 13.8 Å². The van der Waals surface area contributed by atoms with Crippen molar-refractivity contribution in [1.82, 2.24) is 4.90 Å². The summed E-state index contributed by atoms with van der Waals surface area (Å²) in [6, 6.07) is 2.22. The van der Waals surface area contributed by atoms with Gasteiger partial charge >= 0.3 is 5.97 Å². The molecule has 0 aromatic heterocycles. The summed E-state index contributed by atoms with van der Waals surface area (Å²) < 4.78 is 27.2. The van der Waals surface area contributed by atoms with Gasteiger partial charge in [-0.25, -0.2) is 8.78 Å². The van der Waals surface area contributed by atoms with Crippen molar-refractivity contribution in [1.29, 1.82) is 0 Å². The molecule has 1 saturated heterocycles. The van der Waals surface area contributed by atoms with Gasteiger partial charge in [0.05, 0.1) is 18.6 Å². The molecule has 1 heterocycles. The predicted octanol–water partition coefficient (Wildman–Crippen LogP) is 1.83. The number of amides is 1. The van der Waals surface area contributed by atoms with Crippen molar-refractivity contribution >= 4 is 17.6 Å². The van der Waals surface area contributed by atoms with Crippen LogP contribution in [0.25, 0.3) is 0 Å². The number of aliphatic hydroxyl groups excluding tert-OH is 1. The van der Waals surface area contributed by atoms with Crippen LogP contribution in [-0.2, 0) is 9.59 Å². The van der Waals surface area contributed by atoms with Crippen LogP contribution >= 0.6 is 0 Å². The van der Waals surface area contributed by atoms with Gasteiger partial charge in [0.15, 0.2) is 0 Å². The van der Waals surface area contributed by atoms with Crippen LogP contribution in [0.15, 0.2) is 18.2 Å². The number of carbonyl (C=O) groups excluding carboxylic acids is 1. The first-order valence-corrected chi connectivity index (χ1v) is 9.99. The maximum Gasteiger partial charge on any atom is 0.306 e. The average molecular weight is 427 g/mol. The van der Waals surface area contributed by atoms with Gasteiger partial charge in [-0.1, -0.05) is 13.8 Å². The summed E-state index contributed by atoms with van der Waals surface area (Å²) in [5, 5.41) is 19.8. The van der Waals surface area contributed by atoms with Gasteiger partial charge in [-0.3, -0.25) is 14.5 Å². The zero-order chi connectivity index (χ0) is 22.8. The lowest BCUT2D eigenvalue weighted by Gasteiger charge is -2.47. The maximum atomic E-state index is 13.6. The summed E-state index contributed by atoms with van der Waals surface area (Å²) in [5.74, 6) is -3.73. The number of benzene rings is 1. The molecule has 168 valence electrons. The number of nitrogens with zero attached hydrogens (tertiary/aromatic N) is 2. The van der Waals surface area contributed by atoms with Gasteiger partial charge in [0.25, 0.3) is 0 Å². The first-order chi connectivity index (χ1) is 13.8. The molecule has 0 radical (unpaired) electrons. The molecule has 3 atom stereocenters. The lowest BCUT2D eigenvalue weighted by Crippen LogP contribution is -2.64. The molecule has 1 amide bonds. The van der Waals surface area contributed by atoms with Crippen molar-refractivity contribution in [3.8, 4) is 0 Å². The molecule has 0 unspecified atom stereocenters. The van der Waals surface area contributed by atoms with Gasteiger partial charge in [-0.15, -0.1) is 0 Å². The molecule has 1 aliphatic rings. The molecule has 0 bridgehead atoms. The van der Waals surface area contributed by atoms with E-state index in [-0.39, 0.29) is 43.6 Å². The van der Waals surface area contributed by atoms with E-state index in [2.05, 4.69) is 0 Å². The molecule has 1 fully saturated rings. The fourth-order valence-electron chi connectivity index (χ4n) is 3.75. The number of nitrogens with two attached hydrogens (primary N) is 1. The highest BCUT2D eigenvalue weighted by atomic mass is 19.1. The second-order valence-corrected chi connectivity index (χ2v) is 8.96. The smallest absolute Gasteiger partial charge is 0.306 e. The Morgan fingerprint density at radius 2 is 1.80 bits per heavy atom. The van der Waals surface area contributed by atoms with E-state index in [1.54, 1.807) is 18.7 Å². The van der Waals surface area contributed by atoms with Crippen LogP contribution in [0.3, 0.4) is 0 Å². The number of hydrogen-bond acceptors (Lipinski definition) is 5. The van der Waals surface area contributed by atoms with Crippen LogP contribution < -0.4 is 10.6 Å². The molecular formula is C21H31F2N3O4. The van der Waals surface area contributed by atoms with Gasteiger partial charge in [0.2, 0.25) is 5.91 Å². The molecule has 1 aliphatic heterocycles. The molecule has 0 saturated carbocycles. The zero-order valence-corrected chi connectivity index (χ0v) is 17.8. The summed E-state index contributed by atoms with van der Waals surface area (Å²) in [6.45, 7) is 7.60. The zero-order valence-electron chi connectivity index (χ0n) is 17.8. The standard InChI is InChI=1S/C21H31F2N3O4/c1-12(2)16(20(29)30)8-18(27)17(24)9-25-10-19(28)26(11-21(25,3)4)15-6-13(22)5-14(23)7-15/h5-7,12,16-18,27H,8-11,24H2,1-4H3,(H,29,30)/t16-,17-,18-/m0/s1. The highest BCUT2D eigenvalue weighted by Gasteiger charge is 2.40. The van der Waals surface area contributed by atoms with Gasteiger partial charge in [0, 0.05) is 36.4 Å². The van der Waals surface area contributed by atoms with Gasteiger partial charge < -0.3 is 20.8 Å². The molecule has 0 aliphatic carbocycles. The van der Waals surface area contributed by atoms with Crippen molar-refractivity contribution in [3.63, 3.8) is 0 Å². The van der Waals surface area contributed by atoms with E-state index < -0.39 is 41.2 Å². The number of carboxylic acid groups (broad SMARTS) is 1. The van der Waals surface area contributed by atoms with Crippen LogP contribution in [0.1, 0.15) is 34.1 Å². The van der Waals surface area contributed by atoms with Crippen LogP contribution in [-0.4, -0.2) is 64.3 Å². The molecule has 4 N–H and O–H groups in total. The number of carbonyl (C=O) groups is 2. The van der Waals surface area contributed by atoms with Gasteiger partial charge in [-0.2, -0.15) is 0 Å². The summed E-state index contributed by atoms with van der Waals surface area (Å²) >= 11 is 0. The van der Waals surface area contributed by atoms with E-state index in [4.69, 9.17) is 5.73 Å². The van der Waals surface area contributed by atoms with Crippen LogP contribution in [0.2, 0.25) is 0 Å². The van der Waals surface area contributed by atoms with E-state index >= 15 is 0 Å². The lowest BCUT2D eigenvalue weighted by atomic mass is 9.87. The molecule has 7 nitrogen and oxygen atoms in total. The summed E-state index contributed by atoms with van der Waals surface area (Å²) in [4.78, 5) is 27.2. The Hall–Kier alpha value is -2.10. The van der Waals surface area contributed by atoms with Crippen molar-refractivity contribution in [2.45, 2.75) is 51.8 Å². The SMILES string of the molecule is CC(C)[C@H](C[C@H](O)[C@@H](N)CN1CC(=O)N(c2cc(F)cc(F)c2)CC1(C)C)C(=O)O. The van der Waals surface area contributed by atoms with Crippen LogP contribution in [0.4, 0.5) is 14.5 Å². The number of aliphatic hydroxyl groups is 1. The third kappa shape index (κ3) is 5.74. The third-order valence-electron chi connectivity index (χ3n) is 5.73. The molecule has 30 heavy (non-hydrogen) atoms. The van der Waals surface area contributed by atoms with Gasteiger partial charge in [0.1, 0.15) is 11.6 Å². The van der Waals surface area contributed by atoms with Crippen molar-refractivity contribution < 1.29 is 28.6 Å². The minimum atomic E-state index is -1.05. The number of halogens is 2. The second kappa shape index (κ2) is 9.36. The highest BCUT2D eigenvalue weighted by Crippen LogP contribution is 2.28. The first-order valence-electron chi connectivity index (χ1n) is 9.99. The quantitative estimate of drug-likeness (QED) is 0.584. The maximum absolute atomic E-state index is 13.6. The van der Waals surface area contributed by atoms with Gasteiger partial charge in [-0.05, 0) is 38.3 Å². The molecule has 0 spiro atoms. The number of piperazine rings is 1. The fourth-order valence-corrected chi connectivity index (χ4v) is 3.75. The molecular weight excluding hydrogens is 396 g/mol. The number of hydrogen-bond donors (Lipinski definition) is 3. The van der Waals surface area contributed by atoms with Crippen molar-refractivity contribution in [2.24, 2.45) is 17.6 Å². The summed E-state index contributed by atoms with van der Waals surface area (Å²) in [7, 11) is 0. The first kappa shape index (κ1) is 24.2. The Morgan fingerprint density at radius 1 is 1.23 bits per heavy atom. The predicted molar refractivity (Wildman–Crippen MR) is 109 cm³/mol. The summed E-state index contributed by atoms with van der Waals surface area (Å²) in [6.07, 6.45) is -1.03. The van der Waals surface area contributed by atoms with Crippen molar-refractivity contribution in [3.05, 3.63) is 29.8 Å². The molecule has 2 rings (SSSR count).